The van der Waals surface area contributed by atoms with Crippen LogP contribution in [-0.2, 0) is 4.79 Å². The molecule has 1 saturated heterocycles. The first-order valence-electron chi connectivity index (χ1n) is 9.22. The van der Waals surface area contributed by atoms with E-state index < -0.39 is 0 Å². The lowest BCUT2D eigenvalue weighted by atomic mass is 9.96. The first kappa shape index (κ1) is 18.7. The Hall–Kier alpha value is -3.07. The molecule has 2 aromatic rings. The molecular formula is C21H24N4O2. The molecule has 140 valence electrons. The second-order valence-electron chi connectivity index (χ2n) is 6.78. The van der Waals surface area contributed by atoms with Crippen LogP contribution in [-0.4, -0.2) is 37.1 Å². The molecule has 1 N–H and O–H groups in total. The SMILES string of the molecule is Cc1ccccc1OCC(=O)NCC1CCN(c2ncccc2C#N)CC1. The van der Waals surface area contributed by atoms with Crippen LogP contribution in [0.5, 0.6) is 5.75 Å². The van der Waals surface area contributed by atoms with E-state index in [-0.39, 0.29) is 12.5 Å². The van der Waals surface area contributed by atoms with E-state index in [0.717, 1.165) is 43.1 Å². The van der Waals surface area contributed by atoms with Crippen LogP contribution in [0.25, 0.3) is 0 Å². The maximum atomic E-state index is 12.0. The summed E-state index contributed by atoms with van der Waals surface area (Å²) in [5, 5.41) is 12.2. The van der Waals surface area contributed by atoms with Gasteiger partial charge < -0.3 is 15.0 Å². The van der Waals surface area contributed by atoms with Crippen LogP contribution >= 0.6 is 0 Å². The Bertz CT molecular complexity index is 823. The first-order chi connectivity index (χ1) is 13.2. The van der Waals surface area contributed by atoms with Gasteiger partial charge in [0.15, 0.2) is 6.61 Å². The van der Waals surface area contributed by atoms with Gasteiger partial charge in [0.25, 0.3) is 5.91 Å². The maximum absolute atomic E-state index is 12.0. The van der Waals surface area contributed by atoms with Crippen molar-refractivity contribution in [2.75, 3.05) is 31.1 Å². The van der Waals surface area contributed by atoms with Crippen molar-refractivity contribution in [1.82, 2.24) is 10.3 Å². The zero-order chi connectivity index (χ0) is 19.1. The molecule has 0 bridgehead atoms. The number of piperidine rings is 1. The molecule has 3 rings (SSSR count). The molecule has 0 unspecified atom stereocenters. The molecular weight excluding hydrogens is 340 g/mol. The van der Waals surface area contributed by atoms with Crippen molar-refractivity contribution in [3.8, 4) is 11.8 Å². The van der Waals surface area contributed by atoms with E-state index in [9.17, 15) is 10.1 Å². The molecule has 1 aromatic heterocycles. The summed E-state index contributed by atoms with van der Waals surface area (Å²) < 4.78 is 5.58. The number of aromatic nitrogens is 1. The third kappa shape index (κ3) is 4.98. The lowest BCUT2D eigenvalue weighted by Crippen LogP contribution is -2.40. The molecule has 1 amide bonds. The van der Waals surface area contributed by atoms with Crippen molar-refractivity contribution in [2.45, 2.75) is 19.8 Å². The van der Waals surface area contributed by atoms with Crippen LogP contribution in [0.15, 0.2) is 42.6 Å². The highest BCUT2D eigenvalue weighted by molar-refractivity contribution is 5.77. The number of rotatable bonds is 6. The van der Waals surface area contributed by atoms with E-state index in [2.05, 4.69) is 21.3 Å². The molecule has 1 aromatic carbocycles. The first-order valence-corrected chi connectivity index (χ1v) is 9.22. The van der Waals surface area contributed by atoms with Crippen molar-refractivity contribution < 1.29 is 9.53 Å². The molecule has 0 aliphatic carbocycles. The number of anilines is 1. The molecule has 6 nitrogen and oxygen atoms in total. The number of hydrogen-bond donors (Lipinski definition) is 1. The second kappa shape index (κ2) is 9.04. The van der Waals surface area contributed by atoms with Gasteiger partial charge in [-0.25, -0.2) is 4.98 Å². The third-order valence-corrected chi connectivity index (χ3v) is 4.86. The summed E-state index contributed by atoms with van der Waals surface area (Å²) in [6, 6.07) is 13.4. The van der Waals surface area contributed by atoms with Gasteiger partial charge in [-0.1, -0.05) is 18.2 Å². The summed E-state index contributed by atoms with van der Waals surface area (Å²) in [7, 11) is 0. The van der Waals surface area contributed by atoms with Gasteiger partial charge in [0, 0.05) is 25.8 Å². The molecule has 0 atom stereocenters. The quantitative estimate of drug-likeness (QED) is 0.853. The van der Waals surface area contributed by atoms with Crippen molar-refractivity contribution in [3.63, 3.8) is 0 Å². The van der Waals surface area contributed by atoms with Crippen molar-refractivity contribution in [1.29, 1.82) is 5.26 Å². The predicted octanol–water partition coefficient (Wildman–Crippen LogP) is 2.67. The van der Waals surface area contributed by atoms with Crippen LogP contribution in [0, 0.1) is 24.2 Å². The monoisotopic (exact) mass is 364 g/mol. The molecule has 27 heavy (non-hydrogen) atoms. The number of nitrogens with zero attached hydrogens (tertiary/aromatic N) is 3. The molecule has 1 aliphatic rings. The lowest BCUT2D eigenvalue weighted by Gasteiger charge is -2.33. The van der Waals surface area contributed by atoms with E-state index in [1.165, 1.54) is 0 Å². The number of hydrogen-bond acceptors (Lipinski definition) is 5. The average molecular weight is 364 g/mol. The number of aryl methyl sites for hydroxylation is 1. The van der Waals surface area contributed by atoms with E-state index in [4.69, 9.17) is 4.74 Å². The molecule has 0 spiro atoms. The Balaban J connectivity index is 1.41. The predicted molar refractivity (Wildman–Crippen MR) is 104 cm³/mol. The summed E-state index contributed by atoms with van der Waals surface area (Å²) in [6.45, 7) is 4.32. The van der Waals surface area contributed by atoms with Crippen LogP contribution < -0.4 is 15.0 Å². The molecule has 0 radical (unpaired) electrons. The number of benzene rings is 1. The number of nitrogens with one attached hydrogen (secondary N) is 1. The number of pyridine rings is 1. The summed E-state index contributed by atoms with van der Waals surface area (Å²) in [5.74, 6) is 1.83. The fourth-order valence-electron chi connectivity index (χ4n) is 3.26. The topological polar surface area (TPSA) is 78.2 Å². The van der Waals surface area contributed by atoms with Gasteiger partial charge in [-0.15, -0.1) is 0 Å². The van der Waals surface area contributed by atoms with Crippen molar-refractivity contribution in [3.05, 3.63) is 53.7 Å². The van der Waals surface area contributed by atoms with Crippen molar-refractivity contribution in [2.24, 2.45) is 5.92 Å². The summed E-state index contributed by atoms with van der Waals surface area (Å²) in [5.41, 5.74) is 1.63. The van der Waals surface area contributed by atoms with E-state index in [1.807, 2.05) is 31.2 Å². The smallest absolute Gasteiger partial charge is 0.257 e. The number of amides is 1. The van der Waals surface area contributed by atoms with Gasteiger partial charge in [-0.3, -0.25) is 4.79 Å². The van der Waals surface area contributed by atoms with Gasteiger partial charge in [0.2, 0.25) is 0 Å². The fourth-order valence-corrected chi connectivity index (χ4v) is 3.26. The largest absolute Gasteiger partial charge is 0.484 e. The second-order valence-corrected chi connectivity index (χ2v) is 6.78. The van der Waals surface area contributed by atoms with Gasteiger partial charge in [0.05, 0.1) is 5.56 Å². The Morgan fingerprint density at radius 3 is 2.81 bits per heavy atom. The molecule has 1 fully saturated rings. The van der Waals surface area contributed by atoms with Crippen LogP contribution in [0.1, 0.15) is 24.0 Å². The summed E-state index contributed by atoms with van der Waals surface area (Å²) in [4.78, 5) is 18.5. The zero-order valence-electron chi connectivity index (χ0n) is 15.5. The Morgan fingerprint density at radius 2 is 2.07 bits per heavy atom. The van der Waals surface area contributed by atoms with Gasteiger partial charge >= 0.3 is 0 Å². The number of carbonyl (C=O) groups excluding carboxylic acids is 1. The van der Waals surface area contributed by atoms with E-state index in [1.54, 1.807) is 18.3 Å². The Labute approximate surface area is 159 Å². The zero-order valence-corrected chi connectivity index (χ0v) is 15.5. The summed E-state index contributed by atoms with van der Waals surface area (Å²) >= 11 is 0. The third-order valence-electron chi connectivity index (χ3n) is 4.86. The summed E-state index contributed by atoms with van der Waals surface area (Å²) in [6.07, 6.45) is 3.64. The minimum absolute atomic E-state index is 0.0309. The van der Waals surface area contributed by atoms with Gasteiger partial charge in [-0.05, 0) is 49.4 Å². The Kier molecular flexibility index (Phi) is 6.26. The standard InChI is InChI=1S/C21H24N4O2/c1-16-5-2-3-7-19(16)27-15-20(26)24-14-17-8-11-25(12-9-17)21-18(13-22)6-4-10-23-21/h2-7,10,17H,8-9,11-12,14-15H2,1H3,(H,24,26). The van der Waals surface area contributed by atoms with E-state index >= 15 is 0 Å². The maximum Gasteiger partial charge on any atom is 0.257 e. The lowest BCUT2D eigenvalue weighted by molar-refractivity contribution is -0.123. The van der Waals surface area contributed by atoms with Crippen LogP contribution in [0.2, 0.25) is 0 Å². The molecule has 1 aliphatic heterocycles. The van der Waals surface area contributed by atoms with Crippen molar-refractivity contribution >= 4 is 11.7 Å². The number of carbonyl (C=O) groups is 1. The minimum Gasteiger partial charge on any atom is -0.484 e. The molecule has 2 heterocycles. The number of nitriles is 1. The van der Waals surface area contributed by atoms with Crippen LogP contribution in [0.3, 0.4) is 0 Å². The fraction of sp³-hybridized carbons (Fsp3) is 0.381. The van der Waals surface area contributed by atoms with Crippen LogP contribution in [0.4, 0.5) is 5.82 Å². The highest BCUT2D eigenvalue weighted by Crippen LogP contribution is 2.23. The number of ether oxygens (including phenoxy) is 1. The van der Waals surface area contributed by atoms with Gasteiger partial charge in [-0.2, -0.15) is 5.26 Å². The highest BCUT2D eigenvalue weighted by atomic mass is 16.5. The van der Waals surface area contributed by atoms with Gasteiger partial charge in [0.1, 0.15) is 17.6 Å². The van der Waals surface area contributed by atoms with E-state index in [0.29, 0.717) is 18.0 Å². The minimum atomic E-state index is -0.0998. The average Bonchev–Trinajstić information content (AvgIpc) is 2.72. The molecule has 6 heteroatoms. The molecule has 0 saturated carbocycles. The normalized spacial score (nSPS) is 14.4. The highest BCUT2D eigenvalue weighted by Gasteiger charge is 2.22. The Morgan fingerprint density at radius 1 is 1.30 bits per heavy atom. The number of para-hydroxylation sites is 1.